The third kappa shape index (κ3) is 3.35. The Balaban J connectivity index is 1.78. The topological polar surface area (TPSA) is 12.0 Å². The van der Waals surface area contributed by atoms with Crippen molar-refractivity contribution in [2.24, 2.45) is 5.92 Å². The molecule has 0 bridgehead atoms. The van der Waals surface area contributed by atoms with Crippen molar-refractivity contribution in [1.29, 1.82) is 0 Å². The lowest BCUT2D eigenvalue weighted by atomic mass is 10.1. The second-order valence-corrected chi connectivity index (χ2v) is 4.82. The molecule has 82 valence electrons. The molecule has 0 saturated heterocycles. The van der Waals surface area contributed by atoms with Crippen molar-refractivity contribution in [3.8, 4) is 0 Å². The minimum atomic E-state index is 0.490. The molecule has 15 heavy (non-hydrogen) atoms. The Kier molecular flexibility index (Phi) is 3.42. The van der Waals surface area contributed by atoms with E-state index in [0.717, 1.165) is 5.92 Å². The molecule has 1 fully saturated rings. The van der Waals surface area contributed by atoms with E-state index in [2.05, 4.69) is 43.4 Å². The molecule has 1 nitrogen and oxygen atoms in total. The highest BCUT2D eigenvalue weighted by Crippen LogP contribution is 2.31. The SMILES string of the molecule is Cc1ccc(C(C)NCCC2CC2)cc1. The summed E-state index contributed by atoms with van der Waals surface area (Å²) in [6.45, 7) is 5.55. The van der Waals surface area contributed by atoms with Crippen LogP contribution in [0.15, 0.2) is 24.3 Å². The number of rotatable bonds is 5. The van der Waals surface area contributed by atoms with E-state index in [-0.39, 0.29) is 0 Å². The Morgan fingerprint density at radius 1 is 1.27 bits per heavy atom. The molecule has 1 atom stereocenters. The minimum Gasteiger partial charge on any atom is -0.310 e. The maximum atomic E-state index is 3.59. The number of aryl methyl sites for hydroxylation is 1. The molecule has 0 spiro atoms. The quantitative estimate of drug-likeness (QED) is 0.773. The van der Waals surface area contributed by atoms with E-state index in [1.54, 1.807) is 0 Å². The Labute approximate surface area is 92.9 Å². The highest BCUT2D eigenvalue weighted by atomic mass is 14.9. The first-order valence-corrected chi connectivity index (χ1v) is 6.05. The van der Waals surface area contributed by atoms with Gasteiger partial charge in [0.1, 0.15) is 0 Å². The summed E-state index contributed by atoms with van der Waals surface area (Å²) in [6, 6.07) is 9.32. The van der Waals surface area contributed by atoms with E-state index < -0.39 is 0 Å². The number of nitrogens with one attached hydrogen (secondary N) is 1. The van der Waals surface area contributed by atoms with Crippen LogP contribution in [0, 0.1) is 12.8 Å². The first-order valence-electron chi connectivity index (χ1n) is 6.05. The van der Waals surface area contributed by atoms with E-state index >= 15 is 0 Å². The number of hydrogen-bond acceptors (Lipinski definition) is 1. The molecule has 1 aliphatic carbocycles. The summed E-state index contributed by atoms with van der Waals surface area (Å²) in [5, 5.41) is 3.59. The van der Waals surface area contributed by atoms with Gasteiger partial charge in [-0.05, 0) is 38.3 Å². The largest absolute Gasteiger partial charge is 0.310 e. The average molecular weight is 203 g/mol. The molecule has 1 aliphatic rings. The molecule has 0 aliphatic heterocycles. The van der Waals surface area contributed by atoms with Gasteiger partial charge in [0, 0.05) is 6.04 Å². The zero-order valence-corrected chi connectivity index (χ0v) is 9.79. The van der Waals surface area contributed by atoms with Gasteiger partial charge in [-0.15, -0.1) is 0 Å². The van der Waals surface area contributed by atoms with Crippen molar-refractivity contribution in [2.45, 2.75) is 39.2 Å². The van der Waals surface area contributed by atoms with Crippen molar-refractivity contribution in [3.05, 3.63) is 35.4 Å². The molecule has 1 heteroatoms. The van der Waals surface area contributed by atoms with Crippen LogP contribution in [0.1, 0.15) is 43.4 Å². The van der Waals surface area contributed by atoms with E-state index in [4.69, 9.17) is 0 Å². The molecule has 1 saturated carbocycles. The van der Waals surface area contributed by atoms with Crippen molar-refractivity contribution < 1.29 is 0 Å². The van der Waals surface area contributed by atoms with Crippen LogP contribution in [0.25, 0.3) is 0 Å². The summed E-state index contributed by atoms with van der Waals surface area (Å²) in [6.07, 6.45) is 4.28. The summed E-state index contributed by atoms with van der Waals surface area (Å²) >= 11 is 0. The van der Waals surface area contributed by atoms with Gasteiger partial charge in [0.25, 0.3) is 0 Å². The van der Waals surface area contributed by atoms with Gasteiger partial charge in [-0.1, -0.05) is 42.7 Å². The minimum absolute atomic E-state index is 0.490. The molecule has 0 heterocycles. The lowest BCUT2D eigenvalue weighted by Gasteiger charge is -2.14. The first-order chi connectivity index (χ1) is 7.25. The summed E-state index contributed by atoms with van der Waals surface area (Å²) in [5.41, 5.74) is 2.74. The third-order valence-electron chi connectivity index (χ3n) is 3.28. The van der Waals surface area contributed by atoms with Crippen LogP contribution in [0.2, 0.25) is 0 Å². The molecule has 0 aromatic heterocycles. The molecule has 1 N–H and O–H groups in total. The van der Waals surface area contributed by atoms with E-state index in [9.17, 15) is 0 Å². The zero-order chi connectivity index (χ0) is 10.7. The lowest BCUT2D eigenvalue weighted by molar-refractivity contribution is 0.539. The Bertz CT molecular complexity index is 298. The maximum absolute atomic E-state index is 3.59. The smallest absolute Gasteiger partial charge is 0.0291 e. The van der Waals surface area contributed by atoms with Crippen LogP contribution in [0.4, 0.5) is 0 Å². The molecular weight excluding hydrogens is 182 g/mol. The Hall–Kier alpha value is -0.820. The van der Waals surface area contributed by atoms with Gasteiger partial charge in [0.05, 0.1) is 0 Å². The van der Waals surface area contributed by atoms with Crippen molar-refractivity contribution in [2.75, 3.05) is 6.54 Å². The molecule has 1 unspecified atom stereocenters. The van der Waals surface area contributed by atoms with Crippen LogP contribution in [0.3, 0.4) is 0 Å². The molecule has 0 amide bonds. The fourth-order valence-electron chi connectivity index (χ4n) is 1.88. The standard InChI is InChI=1S/C14H21N/c1-11-3-7-14(8-4-11)12(2)15-10-9-13-5-6-13/h3-4,7-8,12-13,15H,5-6,9-10H2,1-2H3. The van der Waals surface area contributed by atoms with Crippen LogP contribution < -0.4 is 5.32 Å². The second-order valence-electron chi connectivity index (χ2n) is 4.82. The van der Waals surface area contributed by atoms with E-state index in [0.29, 0.717) is 6.04 Å². The fraction of sp³-hybridized carbons (Fsp3) is 0.571. The van der Waals surface area contributed by atoms with Gasteiger partial charge in [-0.3, -0.25) is 0 Å². The van der Waals surface area contributed by atoms with Crippen molar-refractivity contribution >= 4 is 0 Å². The fourth-order valence-corrected chi connectivity index (χ4v) is 1.88. The molecule has 1 aromatic carbocycles. The summed E-state index contributed by atoms with van der Waals surface area (Å²) in [7, 11) is 0. The predicted octanol–water partition coefficient (Wildman–Crippen LogP) is 3.45. The Morgan fingerprint density at radius 3 is 2.53 bits per heavy atom. The van der Waals surface area contributed by atoms with Gasteiger partial charge < -0.3 is 5.32 Å². The van der Waals surface area contributed by atoms with Crippen LogP contribution >= 0.6 is 0 Å². The van der Waals surface area contributed by atoms with Gasteiger partial charge >= 0.3 is 0 Å². The van der Waals surface area contributed by atoms with Gasteiger partial charge in [-0.25, -0.2) is 0 Å². The van der Waals surface area contributed by atoms with E-state index in [1.165, 1.54) is 36.9 Å². The first kappa shape index (κ1) is 10.7. The zero-order valence-electron chi connectivity index (χ0n) is 9.79. The Morgan fingerprint density at radius 2 is 1.93 bits per heavy atom. The van der Waals surface area contributed by atoms with Gasteiger partial charge in [-0.2, -0.15) is 0 Å². The third-order valence-corrected chi connectivity index (χ3v) is 3.28. The lowest BCUT2D eigenvalue weighted by Crippen LogP contribution is -2.20. The molecule has 2 rings (SSSR count). The molecule has 0 radical (unpaired) electrons. The predicted molar refractivity (Wildman–Crippen MR) is 64.9 cm³/mol. The van der Waals surface area contributed by atoms with Crippen LogP contribution in [-0.4, -0.2) is 6.54 Å². The highest BCUT2D eigenvalue weighted by molar-refractivity contribution is 5.23. The van der Waals surface area contributed by atoms with Crippen LogP contribution in [-0.2, 0) is 0 Å². The average Bonchev–Trinajstić information content (AvgIpc) is 3.02. The van der Waals surface area contributed by atoms with Crippen LogP contribution in [0.5, 0.6) is 0 Å². The van der Waals surface area contributed by atoms with E-state index in [1.807, 2.05) is 0 Å². The molecular formula is C14H21N. The maximum Gasteiger partial charge on any atom is 0.0291 e. The van der Waals surface area contributed by atoms with Gasteiger partial charge in [0.15, 0.2) is 0 Å². The summed E-state index contributed by atoms with van der Waals surface area (Å²) < 4.78 is 0. The second kappa shape index (κ2) is 4.80. The van der Waals surface area contributed by atoms with Crippen molar-refractivity contribution in [1.82, 2.24) is 5.32 Å². The highest BCUT2D eigenvalue weighted by Gasteiger charge is 2.20. The monoisotopic (exact) mass is 203 g/mol. The number of hydrogen-bond donors (Lipinski definition) is 1. The van der Waals surface area contributed by atoms with Gasteiger partial charge in [0.2, 0.25) is 0 Å². The molecule has 1 aromatic rings. The number of benzene rings is 1. The normalized spacial score (nSPS) is 17.7. The summed E-state index contributed by atoms with van der Waals surface area (Å²) in [5.74, 6) is 1.03. The summed E-state index contributed by atoms with van der Waals surface area (Å²) in [4.78, 5) is 0. The van der Waals surface area contributed by atoms with Crippen molar-refractivity contribution in [3.63, 3.8) is 0 Å².